The van der Waals surface area contributed by atoms with Crippen LogP contribution in [-0.4, -0.2) is 21.3 Å². The topological polar surface area (TPSA) is 50.2 Å². The zero-order chi connectivity index (χ0) is 13.1. The first-order valence-corrected chi connectivity index (χ1v) is 6.82. The first-order valence-electron chi connectivity index (χ1n) is 5.49. The van der Waals surface area contributed by atoms with Crippen LogP contribution in [0.4, 0.5) is 0 Å². The molecule has 0 saturated carbocycles. The summed E-state index contributed by atoms with van der Waals surface area (Å²) in [4.78, 5) is 16.0. The number of thiol groups is 1. The molecular formula is C13H13NO2S2. The Kier molecular flexibility index (Phi) is 4.04. The Labute approximate surface area is 115 Å². The molecule has 0 radical (unpaired) electrons. The van der Waals surface area contributed by atoms with Crippen LogP contribution in [0.1, 0.15) is 10.4 Å². The highest BCUT2D eigenvalue weighted by molar-refractivity contribution is 7.81. The molecule has 1 N–H and O–H groups in total. The lowest BCUT2D eigenvalue weighted by Gasteiger charge is -2.01. The molecule has 1 aromatic carbocycles. The Morgan fingerprint density at radius 1 is 1.44 bits per heavy atom. The Morgan fingerprint density at radius 2 is 2.11 bits per heavy atom. The summed E-state index contributed by atoms with van der Waals surface area (Å²) in [6.07, 6.45) is 2.13. The predicted octanol–water partition coefficient (Wildman–Crippen LogP) is 3.04. The summed E-state index contributed by atoms with van der Waals surface area (Å²) in [7, 11) is 0. The minimum absolute atomic E-state index is 0.405. The summed E-state index contributed by atoms with van der Waals surface area (Å²) in [5, 5.41) is 9.05. The second-order valence-electron chi connectivity index (χ2n) is 4.06. The highest BCUT2D eigenvalue weighted by Gasteiger charge is 2.14. The molecule has 1 aromatic heterocycles. The number of carbonyl (C=O) groups is 1. The van der Waals surface area contributed by atoms with Gasteiger partial charge < -0.3 is 5.11 Å². The maximum absolute atomic E-state index is 10.7. The van der Waals surface area contributed by atoms with Crippen LogP contribution < -0.4 is 0 Å². The molecule has 2 rings (SSSR count). The SMILES string of the molecule is Cc1ccc(-c2ncc(CC(S)C(=O)O)s2)cc1. The number of aromatic nitrogens is 1. The van der Waals surface area contributed by atoms with E-state index in [4.69, 9.17) is 5.11 Å². The summed E-state index contributed by atoms with van der Waals surface area (Å²) in [6, 6.07) is 8.12. The minimum atomic E-state index is -0.899. The van der Waals surface area contributed by atoms with Crippen molar-refractivity contribution < 1.29 is 9.90 Å². The smallest absolute Gasteiger partial charge is 0.316 e. The van der Waals surface area contributed by atoms with E-state index in [9.17, 15) is 4.79 Å². The molecule has 1 atom stereocenters. The minimum Gasteiger partial charge on any atom is -0.480 e. The quantitative estimate of drug-likeness (QED) is 0.846. The Bertz CT molecular complexity index is 548. The molecule has 0 aliphatic carbocycles. The van der Waals surface area contributed by atoms with E-state index in [1.54, 1.807) is 6.20 Å². The van der Waals surface area contributed by atoms with Crippen LogP contribution in [0.2, 0.25) is 0 Å². The number of carboxylic acid groups (broad SMARTS) is 1. The lowest BCUT2D eigenvalue weighted by molar-refractivity contribution is -0.136. The molecule has 0 fully saturated rings. The van der Waals surface area contributed by atoms with E-state index in [1.807, 2.05) is 31.2 Å². The van der Waals surface area contributed by atoms with Gasteiger partial charge in [-0.3, -0.25) is 4.79 Å². The molecule has 0 aliphatic heterocycles. The second kappa shape index (κ2) is 5.54. The normalized spacial score (nSPS) is 12.3. The van der Waals surface area contributed by atoms with Crippen LogP contribution in [0, 0.1) is 6.92 Å². The van der Waals surface area contributed by atoms with E-state index in [0.29, 0.717) is 6.42 Å². The maximum Gasteiger partial charge on any atom is 0.316 e. The number of aryl methyl sites for hydroxylation is 1. The van der Waals surface area contributed by atoms with Gasteiger partial charge >= 0.3 is 5.97 Å². The lowest BCUT2D eigenvalue weighted by Crippen LogP contribution is -2.15. The molecule has 18 heavy (non-hydrogen) atoms. The molecule has 1 unspecified atom stereocenters. The fourth-order valence-electron chi connectivity index (χ4n) is 1.51. The standard InChI is InChI=1S/C13H13NO2S2/c1-8-2-4-9(5-3-8)12-14-7-10(18-12)6-11(17)13(15)16/h2-5,7,11,17H,6H2,1H3,(H,15,16). The number of nitrogens with zero attached hydrogens (tertiary/aromatic N) is 1. The first kappa shape index (κ1) is 13.1. The van der Waals surface area contributed by atoms with Gasteiger partial charge in [0.1, 0.15) is 10.3 Å². The summed E-state index contributed by atoms with van der Waals surface area (Å²) in [6.45, 7) is 2.04. The Balaban J connectivity index is 2.15. The van der Waals surface area contributed by atoms with Crippen molar-refractivity contribution in [3.63, 3.8) is 0 Å². The molecular weight excluding hydrogens is 266 g/mol. The number of benzene rings is 1. The van der Waals surface area contributed by atoms with E-state index in [2.05, 4.69) is 17.6 Å². The van der Waals surface area contributed by atoms with Crippen LogP contribution in [0.5, 0.6) is 0 Å². The molecule has 0 saturated heterocycles. The molecule has 1 heterocycles. The van der Waals surface area contributed by atoms with Gasteiger partial charge in [-0.05, 0) is 6.92 Å². The van der Waals surface area contributed by atoms with E-state index >= 15 is 0 Å². The number of thiazole rings is 1. The van der Waals surface area contributed by atoms with Gasteiger partial charge in [-0.2, -0.15) is 12.6 Å². The van der Waals surface area contributed by atoms with Crippen molar-refractivity contribution in [2.75, 3.05) is 0 Å². The fraction of sp³-hybridized carbons (Fsp3) is 0.231. The first-order chi connectivity index (χ1) is 8.56. The molecule has 0 bridgehead atoms. The summed E-state index contributed by atoms with van der Waals surface area (Å²) >= 11 is 5.54. The summed E-state index contributed by atoms with van der Waals surface area (Å²) < 4.78 is 0. The molecule has 94 valence electrons. The van der Waals surface area contributed by atoms with Crippen LogP contribution in [0.25, 0.3) is 10.6 Å². The molecule has 3 nitrogen and oxygen atoms in total. The second-order valence-corrected chi connectivity index (χ2v) is 5.79. The van der Waals surface area contributed by atoms with Crippen LogP contribution >= 0.6 is 24.0 Å². The number of aliphatic carboxylic acids is 1. The molecule has 0 spiro atoms. The van der Waals surface area contributed by atoms with Gasteiger partial charge in [0, 0.05) is 23.1 Å². The number of hydrogen-bond acceptors (Lipinski definition) is 4. The van der Waals surface area contributed by atoms with Gasteiger partial charge in [-0.15, -0.1) is 11.3 Å². The van der Waals surface area contributed by atoms with Gasteiger partial charge in [0.2, 0.25) is 0 Å². The molecule has 5 heteroatoms. The van der Waals surface area contributed by atoms with Crippen molar-refractivity contribution in [1.29, 1.82) is 0 Å². The third-order valence-corrected chi connectivity index (χ3v) is 4.00. The average Bonchev–Trinajstić information content (AvgIpc) is 2.78. The molecule has 2 aromatic rings. The predicted molar refractivity (Wildman–Crippen MR) is 76.4 cm³/mol. The van der Waals surface area contributed by atoms with Crippen molar-refractivity contribution >= 4 is 29.9 Å². The zero-order valence-electron chi connectivity index (χ0n) is 9.83. The highest BCUT2D eigenvalue weighted by atomic mass is 32.1. The van der Waals surface area contributed by atoms with Crippen molar-refractivity contribution in [3.8, 4) is 10.6 Å². The van der Waals surface area contributed by atoms with Crippen molar-refractivity contribution in [1.82, 2.24) is 4.98 Å². The van der Waals surface area contributed by atoms with Crippen LogP contribution in [0.15, 0.2) is 30.5 Å². The lowest BCUT2D eigenvalue weighted by atomic mass is 10.2. The fourth-order valence-corrected chi connectivity index (χ4v) is 2.79. The highest BCUT2D eigenvalue weighted by Crippen LogP contribution is 2.26. The van der Waals surface area contributed by atoms with Gasteiger partial charge in [0.15, 0.2) is 0 Å². The van der Waals surface area contributed by atoms with Gasteiger partial charge in [-0.1, -0.05) is 29.8 Å². The van der Waals surface area contributed by atoms with Crippen LogP contribution in [0.3, 0.4) is 0 Å². The zero-order valence-corrected chi connectivity index (χ0v) is 11.5. The molecule has 0 amide bonds. The summed E-state index contributed by atoms with van der Waals surface area (Å²) in [5.41, 5.74) is 2.26. The van der Waals surface area contributed by atoms with Crippen molar-refractivity contribution in [2.45, 2.75) is 18.6 Å². The molecule has 0 aliphatic rings. The van der Waals surface area contributed by atoms with E-state index in [-0.39, 0.29) is 0 Å². The van der Waals surface area contributed by atoms with E-state index < -0.39 is 11.2 Å². The Hall–Kier alpha value is -1.33. The third-order valence-electron chi connectivity index (χ3n) is 2.53. The van der Waals surface area contributed by atoms with E-state index in [1.165, 1.54) is 16.9 Å². The van der Waals surface area contributed by atoms with Crippen molar-refractivity contribution in [3.05, 3.63) is 40.9 Å². The third kappa shape index (κ3) is 3.11. The van der Waals surface area contributed by atoms with Gasteiger partial charge in [0.05, 0.1) is 0 Å². The summed E-state index contributed by atoms with van der Waals surface area (Å²) in [5.74, 6) is -0.899. The number of rotatable bonds is 4. The van der Waals surface area contributed by atoms with E-state index in [0.717, 1.165) is 15.4 Å². The monoisotopic (exact) mass is 279 g/mol. The average molecular weight is 279 g/mol. The largest absolute Gasteiger partial charge is 0.480 e. The van der Waals surface area contributed by atoms with Gasteiger partial charge in [-0.25, -0.2) is 4.98 Å². The van der Waals surface area contributed by atoms with Gasteiger partial charge in [0.25, 0.3) is 0 Å². The Morgan fingerprint density at radius 3 is 2.72 bits per heavy atom. The van der Waals surface area contributed by atoms with Crippen LogP contribution in [-0.2, 0) is 11.2 Å². The van der Waals surface area contributed by atoms with Crippen molar-refractivity contribution in [2.24, 2.45) is 0 Å². The maximum atomic E-state index is 10.7. The number of hydrogen-bond donors (Lipinski definition) is 2. The number of carboxylic acids is 1.